The lowest BCUT2D eigenvalue weighted by molar-refractivity contribution is 0.448. The Labute approximate surface area is 130 Å². The number of hydrogen-bond donors (Lipinski definition) is 1. The maximum absolute atomic E-state index is 4.16. The molecule has 5 heteroatoms. The van der Waals surface area contributed by atoms with Crippen molar-refractivity contribution in [2.75, 3.05) is 0 Å². The maximum atomic E-state index is 4.16. The third-order valence-electron chi connectivity index (χ3n) is 4.41. The number of hydrogen-bond acceptors (Lipinski definition) is 4. The molecular weight excluding hydrogens is 280 g/mol. The van der Waals surface area contributed by atoms with Crippen molar-refractivity contribution in [2.24, 2.45) is 7.05 Å². The number of rotatable bonds is 5. The zero-order valence-electron chi connectivity index (χ0n) is 12.9. The van der Waals surface area contributed by atoms with Crippen LogP contribution in [0.15, 0.2) is 18.5 Å². The highest BCUT2D eigenvalue weighted by Gasteiger charge is 2.17. The van der Waals surface area contributed by atoms with Gasteiger partial charge in [0.25, 0.3) is 0 Å². The summed E-state index contributed by atoms with van der Waals surface area (Å²) in [6, 6.07) is 4.84. The standard InChI is InChI=1S/C16H24N4S/c1-12(16-19-18-11-20(16)2)17-10-14-8-9-15(21-14)13-6-4-3-5-7-13/h8-9,11-13,17H,3-7,10H2,1-2H3. The fourth-order valence-corrected chi connectivity index (χ4v) is 4.26. The van der Waals surface area contributed by atoms with E-state index < -0.39 is 0 Å². The van der Waals surface area contributed by atoms with Crippen molar-refractivity contribution in [3.63, 3.8) is 0 Å². The molecule has 2 aromatic heterocycles. The highest BCUT2D eigenvalue weighted by Crippen LogP contribution is 2.36. The van der Waals surface area contributed by atoms with Crippen molar-refractivity contribution >= 4 is 11.3 Å². The Kier molecular flexibility index (Phi) is 4.70. The first-order valence-corrected chi connectivity index (χ1v) is 8.71. The normalized spacial score (nSPS) is 18.0. The molecule has 1 aliphatic rings. The van der Waals surface area contributed by atoms with Gasteiger partial charge in [-0.3, -0.25) is 0 Å². The summed E-state index contributed by atoms with van der Waals surface area (Å²) < 4.78 is 1.97. The van der Waals surface area contributed by atoms with Gasteiger partial charge in [-0.1, -0.05) is 19.3 Å². The van der Waals surface area contributed by atoms with Crippen LogP contribution < -0.4 is 5.32 Å². The third kappa shape index (κ3) is 3.52. The summed E-state index contributed by atoms with van der Waals surface area (Å²) in [5.74, 6) is 1.80. The average molecular weight is 304 g/mol. The van der Waals surface area contributed by atoms with Crippen LogP contribution in [0.2, 0.25) is 0 Å². The van der Waals surface area contributed by atoms with Gasteiger partial charge in [-0.05, 0) is 37.8 Å². The van der Waals surface area contributed by atoms with Crippen LogP contribution >= 0.6 is 11.3 Å². The van der Waals surface area contributed by atoms with Gasteiger partial charge in [-0.15, -0.1) is 21.5 Å². The van der Waals surface area contributed by atoms with Gasteiger partial charge < -0.3 is 9.88 Å². The number of nitrogens with one attached hydrogen (secondary N) is 1. The van der Waals surface area contributed by atoms with Gasteiger partial charge >= 0.3 is 0 Å². The van der Waals surface area contributed by atoms with E-state index in [2.05, 4.69) is 34.6 Å². The molecule has 0 aliphatic heterocycles. The van der Waals surface area contributed by atoms with Crippen molar-refractivity contribution in [2.45, 2.75) is 57.5 Å². The van der Waals surface area contributed by atoms with Crippen LogP contribution in [0.1, 0.15) is 66.6 Å². The second kappa shape index (κ2) is 6.71. The van der Waals surface area contributed by atoms with Crippen LogP contribution in [0, 0.1) is 0 Å². The van der Waals surface area contributed by atoms with E-state index in [4.69, 9.17) is 0 Å². The molecule has 1 unspecified atom stereocenters. The predicted molar refractivity (Wildman–Crippen MR) is 86.4 cm³/mol. The molecule has 0 aromatic carbocycles. The minimum Gasteiger partial charge on any atom is -0.319 e. The molecule has 3 rings (SSSR count). The minimum absolute atomic E-state index is 0.220. The monoisotopic (exact) mass is 304 g/mol. The number of aromatic nitrogens is 3. The third-order valence-corrected chi connectivity index (χ3v) is 5.65. The molecule has 1 N–H and O–H groups in total. The van der Waals surface area contributed by atoms with Crippen LogP contribution in [-0.4, -0.2) is 14.8 Å². The Morgan fingerprint density at radius 2 is 2.14 bits per heavy atom. The fraction of sp³-hybridized carbons (Fsp3) is 0.625. The molecule has 4 nitrogen and oxygen atoms in total. The first-order chi connectivity index (χ1) is 10.2. The van der Waals surface area contributed by atoms with Gasteiger partial charge in [0.15, 0.2) is 0 Å². The van der Waals surface area contributed by atoms with Gasteiger partial charge in [-0.25, -0.2) is 0 Å². The van der Waals surface area contributed by atoms with Crippen molar-refractivity contribution in [3.05, 3.63) is 34.0 Å². The van der Waals surface area contributed by atoms with E-state index in [-0.39, 0.29) is 6.04 Å². The van der Waals surface area contributed by atoms with Crippen LogP contribution in [0.25, 0.3) is 0 Å². The topological polar surface area (TPSA) is 42.7 Å². The molecule has 0 bridgehead atoms. The molecule has 2 aromatic rings. The second-order valence-corrected chi connectivity index (χ2v) is 7.24. The molecule has 114 valence electrons. The highest BCUT2D eigenvalue weighted by atomic mass is 32.1. The molecule has 0 amide bonds. The van der Waals surface area contributed by atoms with E-state index in [0.29, 0.717) is 0 Å². The Hall–Kier alpha value is -1.20. The minimum atomic E-state index is 0.220. The summed E-state index contributed by atoms with van der Waals surface area (Å²) in [6.07, 6.45) is 8.73. The zero-order valence-corrected chi connectivity index (χ0v) is 13.7. The van der Waals surface area contributed by atoms with Crippen molar-refractivity contribution in [3.8, 4) is 0 Å². The first-order valence-electron chi connectivity index (χ1n) is 7.90. The zero-order chi connectivity index (χ0) is 14.7. The molecule has 1 fully saturated rings. The molecule has 21 heavy (non-hydrogen) atoms. The molecule has 2 heterocycles. The van der Waals surface area contributed by atoms with E-state index in [1.54, 1.807) is 11.2 Å². The van der Waals surface area contributed by atoms with E-state index in [0.717, 1.165) is 18.3 Å². The summed E-state index contributed by atoms with van der Waals surface area (Å²) in [5.41, 5.74) is 0. The summed E-state index contributed by atoms with van der Waals surface area (Å²) in [6.45, 7) is 3.05. The van der Waals surface area contributed by atoms with Crippen molar-refractivity contribution in [1.29, 1.82) is 0 Å². The molecular formula is C16H24N4S. The number of nitrogens with zero attached hydrogens (tertiary/aromatic N) is 3. The lowest BCUT2D eigenvalue weighted by atomic mass is 9.88. The summed E-state index contributed by atoms with van der Waals surface area (Å²) in [4.78, 5) is 3.00. The summed E-state index contributed by atoms with van der Waals surface area (Å²) >= 11 is 1.98. The van der Waals surface area contributed by atoms with Gasteiger partial charge in [0.1, 0.15) is 12.2 Å². The van der Waals surface area contributed by atoms with Gasteiger partial charge in [0.05, 0.1) is 6.04 Å². The van der Waals surface area contributed by atoms with Gasteiger partial charge in [-0.2, -0.15) is 0 Å². The van der Waals surface area contributed by atoms with Crippen LogP contribution in [0.3, 0.4) is 0 Å². The van der Waals surface area contributed by atoms with Crippen molar-refractivity contribution in [1.82, 2.24) is 20.1 Å². The molecule has 0 saturated heterocycles. The van der Waals surface area contributed by atoms with Crippen LogP contribution in [0.5, 0.6) is 0 Å². The van der Waals surface area contributed by atoms with E-state index >= 15 is 0 Å². The summed E-state index contributed by atoms with van der Waals surface area (Å²) in [7, 11) is 1.99. The molecule has 1 atom stereocenters. The second-order valence-electron chi connectivity index (χ2n) is 6.04. The number of aryl methyl sites for hydroxylation is 1. The molecule has 0 spiro atoms. The summed E-state index contributed by atoms with van der Waals surface area (Å²) in [5, 5.41) is 11.6. The first kappa shape index (κ1) is 14.7. The smallest absolute Gasteiger partial charge is 0.149 e. The quantitative estimate of drug-likeness (QED) is 0.914. The SMILES string of the molecule is CC(NCc1ccc(C2CCCCC2)s1)c1nncn1C. The Bertz CT molecular complexity index is 568. The Morgan fingerprint density at radius 3 is 2.86 bits per heavy atom. The van der Waals surface area contributed by atoms with Crippen LogP contribution in [0.4, 0.5) is 0 Å². The maximum Gasteiger partial charge on any atom is 0.149 e. The Balaban J connectivity index is 1.56. The molecule has 1 aliphatic carbocycles. The molecule has 0 radical (unpaired) electrons. The van der Waals surface area contributed by atoms with Gasteiger partial charge in [0.2, 0.25) is 0 Å². The van der Waals surface area contributed by atoms with E-state index in [1.165, 1.54) is 37.0 Å². The Morgan fingerprint density at radius 1 is 1.33 bits per heavy atom. The van der Waals surface area contributed by atoms with Gasteiger partial charge in [0, 0.05) is 23.3 Å². The predicted octanol–water partition coefficient (Wildman–Crippen LogP) is 3.78. The largest absolute Gasteiger partial charge is 0.319 e. The van der Waals surface area contributed by atoms with Crippen molar-refractivity contribution < 1.29 is 0 Å². The fourth-order valence-electron chi connectivity index (χ4n) is 3.13. The molecule has 1 saturated carbocycles. The lowest BCUT2D eigenvalue weighted by Gasteiger charge is -2.20. The average Bonchev–Trinajstić information content (AvgIpc) is 3.15. The van der Waals surface area contributed by atoms with E-state index in [9.17, 15) is 0 Å². The van der Waals surface area contributed by atoms with Crippen LogP contribution in [-0.2, 0) is 13.6 Å². The lowest BCUT2D eigenvalue weighted by Crippen LogP contribution is -2.20. The number of thiophene rings is 1. The highest BCUT2D eigenvalue weighted by molar-refractivity contribution is 7.12. The van der Waals surface area contributed by atoms with E-state index in [1.807, 2.05) is 23.0 Å².